The molecule has 3 rings (SSSR count). The molecule has 6 nitrogen and oxygen atoms in total. The van der Waals surface area contributed by atoms with Crippen LogP contribution in [0.1, 0.15) is 38.7 Å². The van der Waals surface area contributed by atoms with Crippen LogP contribution in [0.5, 0.6) is 0 Å². The van der Waals surface area contributed by atoms with Crippen molar-refractivity contribution < 1.29 is 4.79 Å². The lowest BCUT2D eigenvalue weighted by atomic mass is 10.1. The van der Waals surface area contributed by atoms with Crippen LogP contribution < -0.4 is 5.32 Å². The van der Waals surface area contributed by atoms with Crippen LogP contribution in [0.4, 0.5) is 5.69 Å². The number of rotatable bonds is 3. The smallest absolute Gasteiger partial charge is 0.257 e. The molecule has 1 N–H and O–H groups in total. The van der Waals surface area contributed by atoms with Crippen LogP contribution in [0, 0.1) is 34.6 Å². The minimum atomic E-state index is -0.204. The van der Waals surface area contributed by atoms with Gasteiger partial charge in [-0.1, -0.05) is 0 Å². The minimum absolute atomic E-state index is 0.204. The minimum Gasteiger partial charge on any atom is -0.320 e. The Balaban J connectivity index is 1.83. The molecular weight excluding hydrogens is 314 g/mol. The fourth-order valence-corrected chi connectivity index (χ4v) is 2.90. The van der Waals surface area contributed by atoms with Crippen molar-refractivity contribution in [2.75, 3.05) is 5.32 Å². The Morgan fingerprint density at radius 2 is 1.80 bits per heavy atom. The first-order valence-corrected chi connectivity index (χ1v) is 8.11. The van der Waals surface area contributed by atoms with Gasteiger partial charge in [-0.05, 0) is 64.4 Å². The van der Waals surface area contributed by atoms with Gasteiger partial charge >= 0.3 is 0 Å². The van der Waals surface area contributed by atoms with Gasteiger partial charge in [0.05, 0.1) is 22.6 Å². The molecule has 0 aliphatic carbocycles. The third-order valence-corrected chi connectivity index (χ3v) is 4.00. The molecule has 0 atom stereocenters. The summed E-state index contributed by atoms with van der Waals surface area (Å²) in [7, 11) is 0. The molecule has 3 heterocycles. The second kappa shape index (κ2) is 6.47. The second-order valence-corrected chi connectivity index (χ2v) is 6.24. The van der Waals surface area contributed by atoms with Crippen molar-refractivity contribution in [1.82, 2.24) is 19.7 Å². The molecule has 25 heavy (non-hydrogen) atoms. The molecule has 0 aliphatic rings. The number of pyridine rings is 2. The second-order valence-electron chi connectivity index (χ2n) is 6.24. The topological polar surface area (TPSA) is 72.7 Å². The molecule has 1 amide bonds. The first-order chi connectivity index (χ1) is 11.8. The van der Waals surface area contributed by atoms with Crippen molar-refractivity contribution >= 4 is 11.6 Å². The fourth-order valence-electron chi connectivity index (χ4n) is 2.90. The zero-order valence-corrected chi connectivity index (χ0v) is 15.1. The molecule has 6 heteroatoms. The van der Waals surface area contributed by atoms with E-state index in [9.17, 15) is 4.79 Å². The van der Waals surface area contributed by atoms with Crippen molar-refractivity contribution in [3.63, 3.8) is 0 Å². The standard InChI is InChI=1S/C19H21N5O/c1-11-8-12(2)21-15(5)18(11)22-19(25)16-6-7-17(20-10-16)24-14(4)9-13(3)23-24/h6-10H,1-5H3,(H,22,25). The summed E-state index contributed by atoms with van der Waals surface area (Å²) in [5.41, 5.74) is 5.90. The zero-order chi connectivity index (χ0) is 18.1. The van der Waals surface area contributed by atoms with E-state index in [-0.39, 0.29) is 5.91 Å². The number of hydrogen-bond acceptors (Lipinski definition) is 4. The van der Waals surface area contributed by atoms with Gasteiger partial charge in [0.1, 0.15) is 0 Å². The van der Waals surface area contributed by atoms with Crippen molar-refractivity contribution in [2.45, 2.75) is 34.6 Å². The Morgan fingerprint density at radius 3 is 2.36 bits per heavy atom. The first kappa shape index (κ1) is 16.8. The number of hydrogen-bond donors (Lipinski definition) is 1. The van der Waals surface area contributed by atoms with Gasteiger partial charge in [0.25, 0.3) is 5.91 Å². The maximum absolute atomic E-state index is 12.5. The van der Waals surface area contributed by atoms with Gasteiger partial charge in [-0.25, -0.2) is 9.67 Å². The molecule has 0 aromatic carbocycles. The number of nitrogens with zero attached hydrogens (tertiary/aromatic N) is 4. The monoisotopic (exact) mass is 335 g/mol. The average Bonchev–Trinajstić information content (AvgIpc) is 2.89. The Kier molecular flexibility index (Phi) is 4.35. The largest absolute Gasteiger partial charge is 0.320 e. The molecule has 0 unspecified atom stereocenters. The Bertz CT molecular complexity index is 918. The van der Waals surface area contributed by atoms with E-state index in [1.165, 1.54) is 0 Å². The number of amides is 1. The molecule has 0 saturated carbocycles. The van der Waals surface area contributed by atoms with E-state index >= 15 is 0 Å². The number of nitrogens with one attached hydrogen (secondary N) is 1. The molecule has 3 aromatic rings. The average molecular weight is 335 g/mol. The highest BCUT2D eigenvalue weighted by molar-refractivity contribution is 6.04. The van der Waals surface area contributed by atoms with Crippen LogP contribution in [-0.2, 0) is 0 Å². The third kappa shape index (κ3) is 3.42. The van der Waals surface area contributed by atoms with Crippen molar-refractivity contribution in [1.29, 1.82) is 0 Å². The molecule has 128 valence electrons. The maximum atomic E-state index is 12.5. The SMILES string of the molecule is Cc1cc(C)c(NC(=O)c2ccc(-n3nc(C)cc3C)nc2)c(C)n1. The summed E-state index contributed by atoms with van der Waals surface area (Å²) in [4.78, 5) is 21.3. The van der Waals surface area contributed by atoms with Gasteiger partial charge < -0.3 is 5.32 Å². The summed E-state index contributed by atoms with van der Waals surface area (Å²) in [5, 5.41) is 7.33. The molecular formula is C19H21N5O. The number of carbonyl (C=O) groups excluding carboxylic acids is 1. The van der Waals surface area contributed by atoms with Crippen molar-refractivity contribution in [2.24, 2.45) is 0 Å². The lowest BCUT2D eigenvalue weighted by molar-refractivity contribution is 0.102. The lowest BCUT2D eigenvalue weighted by Crippen LogP contribution is -2.15. The van der Waals surface area contributed by atoms with Gasteiger partial charge in [0.2, 0.25) is 0 Å². The molecule has 3 aromatic heterocycles. The normalized spacial score (nSPS) is 10.8. The van der Waals surface area contributed by atoms with Gasteiger partial charge in [0, 0.05) is 17.6 Å². The maximum Gasteiger partial charge on any atom is 0.257 e. The predicted molar refractivity (Wildman–Crippen MR) is 97.2 cm³/mol. The quantitative estimate of drug-likeness (QED) is 0.795. The molecule has 0 aliphatic heterocycles. The molecule has 0 fully saturated rings. The molecule has 0 saturated heterocycles. The summed E-state index contributed by atoms with van der Waals surface area (Å²) in [6.45, 7) is 9.69. The first-order valence-electron chi connectivity index (χ1n) is 8.11. The van der Waals surface area contributed by atoms with Crippen LogP contribution in [-0.4, -0.2) is 25.7 Å². The summed E-state index contributed by atoms with van der Waals surface area (Å²) < 4.78 is 1.76. The number of aromatic nitrogens is 4. The highest BCUT2D eigenvalue weighted by Gasteiger charge is 2.12. The van der Waals surface area contributed by atoms with Crippen LogP contribution >= 0.6 is 0 Å². The van der Waals surface area contributed by atoms with E-state index < -0.39 is 0 Å². The molecule has 0 spiro atoms. The summed E-state index contributed by atoms with van der Waals surface area (Å²) in [6.07, 6.45) is 1.56. The zero-order valence-electron chi connectivity index (χ0n) is 15.1. The molecule has 0 bridgehead atoms. The van der Waals surface area contributed by atoms with Crippen LogP contribution in [0.2, 0.25) is 0 Å². The van der Waals surface area contributed by atoms with E-state index in [1.807, 2.05) is 46.8 Å². The van der Waals surface area contributed by atoms with Crippen LogP contribution in [0.3, 0.4) is 0 Å². The van der Waals surface area contributed by atoms with Crippen molar-refractivity contribution in [3.8, 4) is 5.82 Å². The van der Waals surface area contributed by atoms with Gasteiger partial charge in [-0.2, -0.15) is 5.10 Å². The highest BCUT2D eigenvalue weighted by Crippen LogP contribution is 2.20. The summed E-state index contributed by atoms with van der Waals surface area (Å²) in [5.74, 6) is 0.482. The number of anilines is 1. The summed E-state index contributed by atoms with van der Waals surface area (Å²) >= 11 is 0. The van der Waals surface area contributed by atoms with Crippen LogP contribution in [0.15, 0.2) is 30.5 Å². The Morgan fingerprint density at radius 1 is 1.04 bits per heavy atom. The predicted octanol–water partition coefficient (Wildman–Crippen LogP) is 3.46. The lowest BCUT2D eigenvalue weighted by Gasteiger charge is -2.12. The van der Waals surface area contributed by atoms with Gasteiger partial charge in [0.15, 0.2) is 5.82 Å². The van der Waals surface area contributed by atoms with E-state index in [1.54, 1.807) is 23.0 Å². The van der Waals surface area contributed by atoms with Gasteiger partial charge in [-0.15, -0.1) is 0 Å². The van der Waals surface area contributed by atoms with Crippen LogP contribution in [0.25, 0.3) is 5.82 Å². The van der Waals surface area contributed by atoms with E-state index in [2.05, 4.69) is 20.4 Å². The number of carbonyl (C=O) groups is 1. The fraction of sp³-hybridized carbons (Fsp3) is 0.263. The van der Waals surface area contributed by atoms with Crippen molar-refractivity contribution in [3.05, 3.63) is 64.4 Å². The van der Waals surface area contributed by atoms with Gasteiger partial charge in [-0.3, -0.25) is 9.78 Å². The molecule has 0 radical (unpaired) electrons. The van der Waals surface area contributed by atoms with E-state index in [0.29, 0.717) is 11.4 Å². The highest BCUT2D eigenvalue weighted by atomic mass is 16.1. The van der Waals surface area contributed by atoms with E-state index in [0.717, 1.165) is 34.0 Å². The third-order valence-electron chi connectivity index (χ3n) is 4.00. The Hall–Kier alpha value is -3.02. The Labute approximate surface area is 146 Å². The summed E-state index contributed by atoms with van der Waals surface area (Å²) in [6, 6.07) is 7.48. The number of aryl methyl sites for hydroxylation is 5. The van der Waals surface area contributed by atoms with E-state index in [4.69, 9.17) is 0 Å².